The van der Waals surface area contributed by atoms with E-state index in [4.69, 9.17) is 12.2 Å². The van der Waals surface area contributed by atoms with Crippen LogP contribution in [0.15, 0.2) is 30.3 Å². The van der Waals surface area contributed by atoms with Crippen LogP contribution < -0.4 is 15.8 Å². The SMILES string of the molecule is CN(NC1(NC=S)CCCCC1)c1ccccc1. The molecule has 4 heteroatoms. The Balaban J connectivity index is 2.06. The Morgan fingerprint density at radius 1 is 1.17 bits per heavy atom. The van der Waals surface area contributed by atoms with Crippen molar-refractivity contribution in [2.45, 2.75) is 37.8 Å². The van der Waals surface area contributed by atoms with Gasteiger partial charge in [0.05, 0.1) is 11.2 Å². The zero-order chi connectivity index (χ0) is 12.8. The van der Waals surface area contributed by atoms with Gasteiger partial charge in [0.15, 0.2) is 0 Å². The second kappa shape index (κ2) is 6.16. The van der Waals surface area contributed by atoms with Crippen molar-refractivity contribution in [2.75, 3.05) is 12.1 Å². The number of anilines is 1. The van der Waals surface area contributed by atoms with E-state index in [0.29, 0.717) is 0 Å². The first kappa shape index (κ1) is 13.3. The molecule has 3 nitrogen and oxygen atoms in total. The van der Waals surface area contributed by atoms with Crippen molar-refractivity contribution in [3.8, 4) is 0 Å². The van der Waals surface area contributed by atoms with Crippen molar-refractivity contribution in [1.82, 2.24) is 10.7 Å². The minimum absolute atomic E-state index is 0.0788. The van der Waals surface area contributed by atoms with Crippen LogP contribution in [0.25, 0.3) is 0 Å². The molecule has 0 radical (unpaired) electrons. The molecule has 0 saturated heterocycles. The maximum Gasteiger partial charge on any atom is 0.106 e. The lowest BCUT2D eigenvalue weighted by molar-refractivity contribution is 0.211. The molecule has 1 saturated carbocycles. The van der Waals surface area contributed by atoms with Crippen molar-refractivity contribution in [2.24, 2.45) is 0 Å². The third-order valence-corrected chi connectivity index (χ3v) is 3.69. The number of hydrogen-bond donors (Lipinski definition) is 2. The minimum Gasteiger partial charge on any atom is -0.363 e. The Kier molecular flexibility index (Phi) is 4.55. The third kappa shape index (κ3) is 3.21. The Bertz CT molecular complexity index is 374. The van der Waals surface area contributed by atoms with E-state index >= 15 is 0 Å². The molecule has 0 atom stereocenters. The molecule has 2 rings (SSSR count). The summed E-state index contributed by atoms with van der Waals surface area (Å²) >= 11 is 4.98. The summed E-state index contributed by atoms with van der Waals surface area (Å²) in [5.74, 6) is 0. The molecule has 18 heavy (non-hydrogen) atoms. The first-order valence-corrected chi connectivity index (χ1v) is 7.01. The lowest BCUT2D eigenvalue weighted by atomic mass is 9.89. The highest BCUT2D eigenvalue weighted by Gasteiger charge is 2.31. The predicted octanol–water partition coefficient (Wildman–Crippen LogP) is 2.83. The summed E-state index contributed by atoms with van der Waals surface area (Å²) in [6, 6.07) is 10.3. The van der Waals surface area contributed by atoms with Gasteiger partial charge in [0.25, 0.3) is 0 Å². The number of thiocarbonyl (C=S) groups is 1. The quantitative estimate of drug-likeness (QED) is 0.485. The first-order valence-electron chi connectivity index (χ1n) is 6.54. The third-order valence-electron chi connectivity index (χ3n) is 3.57. The Labute approximate surface area is 115 Å². The fourth-order valence-electron chi connectivity index (χ4n) is 2.59. The van der Waals surface area contributed by atoms with Crippen molar-refractivity contribution in [1.29, 1.82) is 0 Å². The molecule has 1 aliphatic rings. The van der Waals surface area contributed by atoms with Crippen molar-refractivity contribution in [3.05, 3.63) is 30.3 Å². The van der Waals surface area contributed by atoms with Crippen LogP contribution in [0, 0.1) is 0 Å². The minimum atomic E-state index is -0.0788. The molecular formula is C14H21N3S. The molecule has 0 bridgehead atoms. The smallest absolute Gasteiger partial charge is 0.106 e. The second-order valence-electron chi connectivity index (χ2n) is 4.91. The molecule has 0 spiro atoms. The summed E-state index contributed by atoms with van der Waals surface area (Å²) in [4.78, 5) is 0. The number of benzene rings is 1. The number of hydrazine groups is 1. The van der Waals surface area contributed by atoms with Crippen molar-refractivity contribution < 1.29 is 0 Å². The van der Waals surface area contributed by atoms with Crippen LogP contribution in [0.2, 0.25) is 0 Å². The normalized spacial score (nSPS) is 18.1. The summed E-state index contributed by atoms with van der Waals surface area (Å²) in [5, 5.41) is 5.42. The molecule has 0 heterocycles. The van der Waals surface area contributed by atoms with Crippen molar-refractivity contribution >= 4 is 23.4 Å². The highest BCUT2D eigenvalue weighted by Crippen LogP contribution is 2.26. The Hall–Kier alpha value is -1.13. The van der Waals surface area contributed by atoms with E-state index in [-0.39, 0.29) is 5.66 Å². The van der Waals surface area contributed by atoms with Crippen LogP contribution in [0.3, 0.4) is 0 Å². The molecule has 0 unspecified atom stereocenters. The first-order chi connectivity index (χ1) is 8.76. The van der Waals surface area contributed by atoms with E-state index in [9.17, 15) is 0 Å². The molecule has 1 aromatic rings. The van der Waals surface area contributed by atoms with Gasteiger partial charge in [0.2, 0.25) is 0 Å². The molecule has 0 aromatic heterocycles. The zero-order valence-electron chi connectivity index (χ0n) is 10.9. The topological polar surface area (TPSA) is 27.3 Å². The van der Waals surface area contributed by atoms with Crippen LogP contribution in [0.5, 0.6) is 0 Å². The molecule has 2 N–H and O–H groups in total. The number of nitrogens with zero attached hydrogens (tertiary/aromatic N) is 1. The van der Waals surface area contributed by atoms with Gasteiger partial charge in [-0.3, -0.25) is 0 Å². The van der Waals surface area contributed by atoms with Gasteiger partial charge in [-0.2, -0.15) is 0 Å². The fourth-order valence-corrected chi connectivity index (χ4v) is 2.82. The number of rotatable bonds is 5. The molecule has 1 fully saturated rings. The predicted molar refractivity (Wildman–Crippen MR) is 80.6 cm³/mol. The largest absolute Gasteiger partial charge is 0.363 e. The summed E-state index contributed by atoms with van der Waals surface area (Å²) in [5.41, 5.74) is 6.29. The lowest BCUT2D eigenvalue weighted by Gasteiger charge is -2.41. The van der Waals surface area contributed by atoms with E-state index in [1.807, 2.05) is 18.2 Å². The lowest BCUT2D eigenvalue weighted by Crippen LogP contribution is -2.62. The molecule has 98 valence electrons. The van der Waals surface area contributed by atoms with E-state index in [1.165, 1.54) is 19.3 Å². The number of para-hydroxylation sites is 1. The van der Waals surface area contributed by atoms with E-state index in [0.717, 1.165) is 18.5 Å². The highest BCUT2D eigenvalue weighted by atomic mass is 32.1. The Morgan fingerprint density at radius 3 is 2.44 bits per heavy atom. The average Bonchev–Trinajstić information content (AvgIpc) is 2.41. The van der Waals surface area contributed by atoms with Gasteiger partial charge in [-0.15, -0.1) is 0 Å². The average molecular weight is 263 g/mol. The van der Waals surface area contributed by atoms with Crippen LogP contribution in [0.4, 0.5) is 5.69 Å². The summed E-state index contributed by atoms with van der Waals surface area (Å²) in [6.07, 6.45) is 6.02. The van der Waals surface area contributed by atoms with Gasteiger partial charge in [-0.25, -0.2) is 5.43 Å². The second-order valence-corrected chi connectivity index (χ2v) is 5.15. The molecule has 1 aliphatic carbocycles. The van der Waals surface area contributed by atoms with Crippen molar-refractivity contribution in [3.63, 3.8) is 0 Å². The standard InChI is InChI=1S/C14H21N3S/c1-17(13-8-4-2-5-9-13)16-14(15-12-18)10-6-3-7-11-14/h2,4-5,8-9,12,16H,3,6-7,10-11H2,1H3,(H,15,18). The molecule has 0 amide bonds. The van der Waals surface area contributed by atoms with Crippen LogP contribution in [-0.4, -0.2) is 18.2 Å². The highest BCUT2D eigenvalue weighted by molar-refractivity contribution is 7.78. The van der Waals surface area contributed by atoms with Crippen LogP contribution in [0.1, 0.15) is 32.1 Å². The van der Waals surface area contributed by atoms with Crippen LogP contribution in [-0.2, 0) is 0 Å². The molecule has 0 aliphatic heterocycles. The molecular weight excluding hydrogens is 242 g/mol. The number of nitrogens with one attached hydrogen (secondary N) is 2. The van der Waals surface area contributed by atoms with Gasteiger partial charge in [-0.05, 0) is 37.8 Å². The van der Waals surface area contributed by atoms with Gasteiger partial charge in [0.1, 0.15) is 5.66 Å². The molecule has 1 aromatic carbocycles. The Morgan fingerprint density at radius 2 is 1.83 bits per heavy atom. The van der Waals surface area contributed by atoms with E-state index < -0.39 is 0 Å². The maximum absolute atomic E-state index is 4.98. The summed E-state index contributed by atoms with van der Waals surface area (Å²) in [7, 11) is 2.05. The summed E-state index contributed by atoms with van der Waals surface area (Å²) in [6.45, 7) is 0. The van der Waals surface area contributed by atoms with E-state index in [2.05, 4.69) is 34.9 Å². The summed E-state index contributed by atoms with van der Waals surface area (Å²) < 4.78 is 0. The van der Waals surface area contributed by atoms with Gasteiger partial charge in [-0.1, -0.05) is 36.8 Å². The number of hydrogen-bond acceptors (Lipinski definition) is 3. The van der Waals surface area contributed by atoms with Crippen LogP contribution >= 0.6 is 12.2 Å². The maximum atomic E-state index is 4.98. The van der Waals surface area contributed by atoms with E-state index in [1.54, 1.807) is 5.49 Å². The van der Waals surface area contributed by atoms with Gasteiger partial charge >= 0.3 is 0 Å². The van der Waals surface area contributed by atoms with Gasteiger partial charge in [0, 0.05) is 7.05 Å². The monoisotopic (exact) mass is 263 g/mol. The fraction of sp³-hybridized carbons (Fsp3) is 0.500. The van der Waals surface area contributed by atoms with Gasteiger partial charge < -0.3 is 10.3 Å². The zero-order valence-corrected chi connectivity index (χ0v) is 11.7.